The summed E-state index contributed by atoms with van der Waals surface area (Å²) in [5, 5.41) is 0. The van der Waals surface area contributed by atoms with Crippen LogP contribution in [0.1, 0.15) is 52.4 Å². The summed E-state index contributed by atoms with van der Waals surface area (Å²) in [7, 11) is -3.28. The summed E-state index contributed by atoms with van der Waals surface area (Å²) in [6.45, 7) is 4.19. The molecule has 0 heterocycles. The maximum Gasteiger partial charge on any atom is 0.264 e. The minimum Gasteiger partial charge on any atom is -0.267 e. The monoisotopic (exact) mass is 222 g/mol. The van der Waals surface area contributed by atoms with Gasteiger partial charge in [-0.15, -0.1) is 0 Å². The van der Waals surface area contributed by atoms with Gasteiger partial charge in [-0.3, -0.25) is 4.18 Å². The fraction of sp³-hybridized carbons (Fsp3) is 1.00. The van der Waals surface area contributed by atoms with E-state index in [2.05, 4.69) is 13.8 Å². The molecule has 0 spiro atoms. The molecule has 0 fully saturated rings. The molecule has 0 aromatic carbocycles. The minimum atomic E-state index is -3.28. The van der Waals surface area contributed by atoms with Crippen molar-refractivity contribution in [1.29, 1.82) is 0 Å². The van der Waals surface area contributed by atoms with Gasteiger partial charge in [0.05, 0.1) is 12.4 Å². The Morgan fingerprint density at radius 3 is 1.79 bits per heavy atom. The van der Waals surface area contributed by atoms with Crippen molar-refractivity contribution >= 4 is 10.1 Å². The Bertz CT molecular complexity index is 214. The zero-order valence-corrected chi connectivity index (χ0v) is 10.3. The molecule has 86 valence electrons. The van der Waals surface area contributed by atoms with E-state index >= 15 is 0 Å². The van der Waals surface area contributed by atoms with Gasteiger partial charge in [-0.1, -0.05) is 39.5 Å². The van der Waals surface area contributed by atoms with Crippen molar-refractivity contribution in [1.82, 2.24) is 0 Å². The van der Waals surface area contributed by atoms with Crippen LogP contribution in [0.25, 0.3) is 0 Å². The van der Waals surface area contributed by atoms with Gasteiger partial charge in [0.1, 0.15) is 0 Å². The Morgan fingerprint density at radius 1 is 1.07 bits per heavy atom. The molecule has 3 nitrogen and oxygen atoms in total. The van der Waals surface area contributed by atoms with Gasteiger partial charge < -0.3 is 0 Å². The maximum atomic E-state index is 10.9. The molecule has 0 aliphatic rings. The third-order valence-electron chi connectivity index (χ3n) is 2.07. The van der Waals surface area contributed by atoms with Crippen LogP contribution in [-0.4, -0.2) is 20.8 Å². The molecule has 0 aliphatic carbocycles. The van der Waals surface area contributed by atoms with Gasteiger partial charge >= 0.3 is 0 Å². The predicted octanol–water partition coefficient (Wildman–Crippen LogP) is 2.71. The quantitative estimate of drug-likeness (QED) is 0.593. The summed E-state index contributed by atoms with van der Waals surface area (Å²) >= 11 is 0. The lowest BCUT2D eigenvalue weighted by atomic mass is 10.1. The van der Waals surface area contributed by atoms with Crippen molar-refractivity contribution in [2.75, 3.05) is 6.26 Å². The molecule has 0 rings (SSSR count). The molecule has 0 bridgehead atoms. The summed E-state index contributed by atoms with van der Waals surface area (Å²) in [5.74, 6) is 0. The van der Waals surface area contributed by atoms with Crippen LogP contribution in [0.4, 0.5) is 0 Å². The molecular weight excluding hydrogens is 200 g/mol. The number of hydrogen-bond acceptors (Lipinski definition) is 3. The molecule has 0 aromatic rings. The molecule has 0 atom stereocenters. The van der Waals surface area contributed by atoms with Crippen LogP contribution in [0.3, 0.4) is 0 Å². The van der Waals surface area contributed by atoms with E-state index in [1.165, 1.54) is 0 Å². The first-order valence-corrected chi connectivity index (χ1v) is 7.19. The van der Waals surface area contributed by atoms with Crippen LogP contribution in [0.5, 0.6) is 0 Å². The average Bonchev–Trinajstić information content (AvgIpc) is 2.07. The van der Waals surface area contributed by atoms with Crippen LogP contribution >= 0.6 is 0 Å². The third-order valence-corrected chi connectivity index (χ3v) is 2.69. The summed E-state index contributed by atoms with van der Waals surface area (Å²) in [4.78, 5) is 0. The summed E-state index contributed by atoms with van der Waals surface area (Å²) in [6, 6.07) is 0. The zero-order valence-electron chi connectivity index (χ0n) is 9.45. The highest BCUT2D eigenvalue weighted by Crippen LogP contribution is 2.14. The van der Waals surface area contributed by atoms with Crippen LogP contribution in [0.15, 0.2) is 0 Å². The zero-order chi connectivity index (χ0) is 11.0. The molecule has 0 saturated carbocycles. The molecule has 0 amide bonds. The highest BCUT2D eigenvalue weighted by atomic mass is 32.2. The second-order valence-corrected chi connectivity index (χ2v) is 5.31. The Morgan fingerprint density at radius 2 is 1.50 bits per heavy atom. The molecule has 0 radical (unpaired) electrons. The molecule has 14 heavy (non-hydrogen) atoms. The molecule has 0 N–H and O–H groups in total. The molecule has 4 heteroatoms. The van der Waals surface area contributed by atoms with Gasteiger partial charge in [-0.25, -0.2) is 0 Å². The van der Waals surface area contributed by atoms with Crippen molar-refractivity contribution in [2.45, 2.75) is 58.5 Å². The summed E-state index contributed by atoms with van der Waals surface area (Å²) in [5.41, 5.74) is 0. The summed E-state index contributed by atoms with van der Waals surface area (Å²) < 4.78 is 26.9. The molecular formula is C10H22O3S. The Kier molecular flexibility index (Phi) is 7.19. The van der Waals surface area contributed by atoms with Crippen molar-refractivity contribution < 1.29 is 12.6 Å². The van der Waals surface area contributed by atoms with E-state index in [1.54, 1.807) is 0 Å². The first-order valence-electron chi connectivity index (χ1n) is 5.37. The van der Waals surface area contributed by atoms with E-state index < -0.39 is 10.1 Å². The van der Waals surface area contributed by atoms with E-state index in [0.717, 1.165) is 44.8 Å². The Labute approximate surface area is 88.0 Å². The van der Waals surface area contributed by atoms with Gasteiger partial charge in [-0.2, -0.15) is 8.42 Å². The smallest absolute Gasteiger partial charge is 0.264 e. The highest BCUT2D eigenvalue weighted by Gasteiger charge is 2.14. The lowest BCUT2D eigenvalue weighted by Gasteiger charge is -2.15. The van der Waals surface area contributed by atoms with Gasteiger partial charge in [0.2, 0.25) is 0 Å². The lowest BCUT2D eigenvalue weighted by Crippen LogP contribution is -2.17. The molecule has 0 unspecified atom stereocenters. The van der Waals surface area contributed by atoms with Crippen molar-refractivity contribution in [3.63, 3.8) is 0 Å². The first kappa shape index (κ1) is 13.9. The van der Waals surface area contributed by atoms with Gasteiger partial charge in [-0.05, 0) is 12.8 Å². The normalized spacial score (nSPS) is 12.3. The topological polar surface area (TPSA) is 43.4 Å². The van der Waals surface area contributed by atoms with Crippen LogP contribution < -0.4 is 0 Å². The SMILES string of the molecule is CCCCC(CCCC)OS(C)(=O)=O. The second kappa shape index (κ2) is 7.23. The van der Waals surface area contributed by atoms with E-state index in [4.69, 9.17) is 4.18 Å². The van der Waals surface area contributed by atoms with Crippen LogP contribution in [-0.2, 0) is 14.3 Å². The second-order valence-electron chi connectivity index (χ2n) is 3.71. The standard InChI is InChI=1S/C10H22O3S/c1-4-6-8-10(9-7-5-2)13-14(3,11)12/h10H,4-9H2,1-3H3. The summed E-state index contributed by atoms with van der Waals surface area (Å²) in [6.07, 6.45) is 6.94. The lowest BCUT2D eigenvalue weighted by molar-refractivity contribution is 0.184. The number of rotatable bonds is 8. The van der Waals surface area contributed by atoms with E-state index in [0.29, 0.717) is 0 Å². The minimum absolute atomic E-state index is 0.107. The highest BCUT2D eigenvalue weighted by molar-refractivity contribution is 7.86. The van der Waals surface area contributed by atoms with E-state index in [-0.39, 0.29) is 6.10 Å². The number of hydrogen-bond donors (Lipinski definition) is 0. The molecule has 0 saturated heterocycles. The van der Waals surface area contributed by atoms with Crippen molar-refractivity contribution in [2.24, 2.45) is 0 Å². The van der Waals surface area contributed by atoms with Gasteiger partial charge in [0.25, 0.3) is 10.1 Å². The van der Waals surface area contributed by atoms with Crippen molar-refractivity contribution in [3.05, 3.63) is 0 Å². The van der Waals surface area contributed by atoms with Gasteiger partial charge in [0, 0.05) is 0 Å². The first-order chi connectivity index (χ1) is 6.49. The molecule has 0 aliphatic heterocycles. The van der Waals surface area contributed by atoms with Crippen molar-refractivity contribution in [3.8, 4) is 0 Å². The van der Waals surface area contributed by atoms with E-state index in [1.807, 2.05) is 0 Å². The maximum absolute atomic E-state index is 10.9. The fourth-order valence-electron chi connectivity index (χ4n) is 1.35. The number of unbranched alkanes of at least 4 members (excludes halogenated alkanes) is 2. The molecule has 0 aromatic heterocycles. The third kappa shape index (κ3) is 8.51. The van der Waals surface area contributed by atoms with Crippen LogP contribution in [0.2, 0.25) is 0 Å². The Hall–Kier alpha value is -0.0900. The van der Waals surface area contributed by atoms with E-state index in [9.17, 15) is 8.42 Å². The Balaban J connectivity index is 3.96. The van der Waals surface area contributed by atoms with Gasteiger partial charge in [0.15, 0.2) is 0 Å². The average molecular weight is 222 g/mol. The predicted molar refractivity (Wildman–Crippen MR) is 58.8 cm³/mol. The largest absolute Gasteiger partial charge is 0.267 e. The van der Waals surface area contributed by atoms with Crippen LogP contribution in [0, 0.1) is 0 Å². The fourth-order valence-corrected chi connectivity index (χ4v) is 2.04.